The Hall–Kier alpha value is 1.49. The van der Waals surface area contributed by atoms with Crippen LogP contribution in [0.4, 0.5) is 0 Å². The monoisotopic (exact) mass is 389 g/mol. The molecule has 0 rings (SSSR count). The van der Waals surface area contributed by atoms with Gasteiger partial charge in [0.25, 0.3) is 0 Å². The fourth-order valence-corrected chi connectivity index (χ4v) is 0. The van der Waals surface area contributed by atoms with E-state index in [0.717, 1.165) is 0 Å². The van der Waals surface area contributed by atoms with Gasteiger partial charge in [-0.3, -0.25) is 0 Å². The van der Waals surface area contributed by atoms with Crippen molar-refractivity contribution in [3.63, 3.8) is 0 Å². The fourth-order valence-electron chi connectivity index (χ4n) is 0. The van der Waals surface area contributed by atoms with Crippen LogP contribution in [-0.2, 0) is 9.47 Å². The van der Waals surface area contributed by atoms with Crippen molar-refractivity contribution in [2.45, 2.75) is 19.4 Å². The van der Waals surface area contributed by atoms with Crippen LogP contribution < -0.4 is 5.73 Å². The SMILES string of the molecule is CC(C)(N)C#N.[I][V][I]. The third-order valence-corrected chi connectivity index (χ3v) is 0.288. The predicted molar refractivity (Wildman–Crippen MR) is 51.9 cm³/mol. The Balaban J connectivity index is 0. The molecule has 53 valence electrons. The predicted octanol–water partition coefficient (Wildman–Crippen LogP) is 2.02. The van der Waals surface area contributed by atoms with Crippen LogP contribution >= 0.6 is 40.0 Å². The summed E-state index contributed by atoms with van der Waals surface area (Å²) in [4.78, 5) is 0. The van der Waals surface area contributed by atoms with E-state index >= 15 is 0 Å². The van der Waals surface area contributed by atoms with Gasteiger partial charge in [0, 0.05) is 0 Å². The van der Waals surface area contributed by atoms with Gasteiger partial charge < -0.3 is 5.73 Å². The molecule has 2 nitrogen and oxygen atoms in total. The number of nitrogens with zero attached hydrogens (tertiary/aromatic N) is 1. The van der Waals surface area contributed by atoms with Crippen LogP contribution in [0.1, 0.15) is 13.8 Å². The van der Waals surface area contributed by atoms with Gasteiger partial charge in [-0.25, -0.2) is 0 Å². The summed E-state index contributed by atoms with van der Waals surface area (Å²) < 4.78 is 0. The van der Waals surface area contributed by atoms with Gasteiger partial charge in [-0.15, -0.1) is 0 Å². The summed E-state index contributed by atoms with van der Waals surface area (Å²) >= 11 is 4.74. The molecule has 0 bridgehead atoms. The van der Waals surface area contributed by atoms with Crippen molar-refractivity contribution in [3.05, 3.63) is 0 Å². The van der Waals surface area contributed by atoms with Gasteiger partial charge in [0.15, 0.2) is 0 Å². The van der Waals surface area contributed by atoms with E-state index in [1.165, 1.54) is 0 Å². The molecule has 0 atom stereocenters. The first-order valence-corrected chi connectivity index (χ1v) is 11.1. The van der Waals surface area contributed by atoms with Crippen LogP contribution in [0.5, 0.6) is 0 Å². The molecule has 0 heterocycles. The zero-order valence-electron chi connectivity index (χ0n) is 5.23. The molecule has 0 aromatic carbocycles. The van der Waals surface area contributed by atoms with Gasteiger partial charge in [0.2, 0.25) is 0 Å². The number of hydrogen-bond donors (Lipinski definition) is 1. The van der Waals surface area contributed by atoms with Gasteiger partial charge in [0.1, 0.15) is 0 Å². The van der Waals surface area contributed by atoms with Gasteiger partial charge >= 0.3 is 49.4 Å². The summed E-state index contributed by atoms with van der Waals surface area (Å²) in [6.45, 7) is 3.32. The van der Waals surface area contributed by atoms with E-state index in [1.54, 1.807) is 13.8 Å². The minimum atomic E-state index is -0.653. The molecule has 0 aliphatic carbocycles. The van der Waals surface area contributed by atoms with Crippen LogP contribution in [0.2, 0.25) is 0 Å². The first-order valence-electron chi connectivity index (χ1n) is 2.10. The van der Waals surface area contributed by atoms with Crippen molar-refractivity contribution >= 4 is 40.0 Å². The van der Waals surface area contributed by atoms with E-state index in [1.807, 2.05) is 6.07 Å². The molecule has 0 saturated carbocycles. The van der Waals surface area contributed by atoms with E-state index in [-0.39, 0.29) is 0 Å². The summed E-state index contributed by atoms with van der Waals surface area (Å²) in [6.07, 6.45) is 0. The Morgan fingerprint density at radius 1 is 1.56 bits per heavy atom. The van der Waals surface area contributed by atoms with Crippen LogP contribution in [-0.4, -0.2) is 5.54 Å². The quantitative estimate of drug-likeness (QED) is 0.645. The number of hydrogen-bond acceptors (Lipinski definition) is 2. The Labute approximate surface area is 84.8 Å². The number of nitrogens with two attached hydrogens (primary N) is 1. The summed E-state index contributed by atoms with van der Waals surface area (Å²) in [7, 11) is 0.628. The van der Waals surface area contributed by atoms with Crippen molar-refractivity contribution in [2.75, 3.05) is 0 Å². The summed E-state index contributed by atoms with van der Waals surface area (Å²) in [6, 6.07) is 1.88. The molecule has 0 aliphatic rings. The van der Waals surface area contributed by atoms with E-state index < -0.39 is 5.54 Å². The van der Waals surface area contributed by atoms with Crippen molar-refractivity contribution in [3.8, 4) is 6.07 Å². The van der Waals surface area contributed by atoms with E-state index in [0.29, 0.717) is 9.47 Å². The molecule has 0 spiro atoms. The van der Waals surface area contributed by atoms with E-state index in [4.69, 9.17) is 11.0 Å². The van der Waals surface area contributed by atoms with Crippen molar-refractivity contribution in [1.82, 2.24) is 0 Å². The van der Waals surface area contributed by atoms with Gasteiger partial charge in [-0.2, -0.15) is 5.26 Å². The summed E-state index contributed by atoms with van der Waals surface area (Å²) in [5, 5.41) is 8.03. The Kier molecular flexibility index (Phi) is 11.1. The van der Waals surface area contributed by atoms with Crippen LogP contribution in [0, 0.1) is 11.3 Å². The van der Waals surface area contributed by atoms with Crippen LogP contribution in [0.15, 0.2) is 0 Å². The molecule has 0 aliphatic heterocycles. The van der Waals surface area contributed by atoms with Crippen LogP contribution in [0.25, 0.3) is 0 Å². The molecule has 0 fully saturated rings. The van der Waals surface area contributed by atoms with Gasteiger partial charge in [0.05, 0.1) is 11.6 Å². The van der Waals surface area contributed by atoms with Crippen molar-refractivity contribution in [1.29, 1.82) is 5.26 Å². The van der Waals surface area contributed by atoms with E-state index in [9.17, 15) is 0 Å². The Morgan fingerprint density at radius 3 is 1.67 bits per heavy atom. The zero-order chi connectivity index (χ0) is 7.91. The molecule has 5 heteroatoms. The fraction of sp³-hybridized carbons (Fsp3) is 0.750. The standard InChI is InChI=1S/C4H8N2.2HI.V/c1-4(2,6)3-5;;;/h6H2,1-2H3;2*1H;/q;;;+2/p-2. The average molecular weight is 389 g/mol. The molecule has 0 aromatic rings. The molecule has 0 saturated heterocycles. The maximum absolute atomic E-state index is 8.03. The normalized spacial score (nSPS) is 8.44. The topological polar surface area (TPSA) is 49.8 Å². The Morgan fingerprint density at radius 2 is 1.67 bits per heavy atom. The third-order valence-electron chi connectivity index (χ3n) is 0.288. The molecule has 9 heavy (non-hydrogen) atoms. The summed E-state index contributed by atoms with van der Waals surface area (Å²) in [5.41, 5.74) is 4.52. The summed E-state index contributed by atoms with van der Waals surface area (Å²) in [5.74, 6) is 0. The average Bonchev–Trinajstić information content (AvgIpc) is 1.67. The molecule has 0 radical (unpaired) electrons. The van der Waals surface area contributed by atoms with E-state index in [2.05, 4.69) is 40.0 Å². The molecule has 2 N–H and O–H groups in total. The second-order valence-electron chi connectivity index (χ2n) is 1.90. The second-order valence-corrected chi connectivity index (χ2v) is 13.7. The zero-order valence-corrected chi connectivity index (χ0v) is 10.9. The maximum atomic E-state index is 8.03. The van der Waals surface area contributed by atoms with Crippen molar-refractivity contribution in [2.24, 2.45) is 5.73 Å². The molecular weight excluding hydrogens is 381 g/mol. The van der Waals surface area contributed by atoms with Gasteiger partial charge in [-0.05, 0) is 13.8 Å². The minimum absolute atomic E-state index is 0.628. The third kappa shape index (κ3) is 26.4. The van der Waals surface area contributed by atoms with Crippen molar-refractivity contribution < 1.29 is 9.47 Å². The number of rotatable bonds is 0. The van der Waals surface area contributed by atoms with Gasteiger partial charge in [-0.1, -0.05) is 0 Å². The molecule has 0 unspecified atom stereocenters. The Bertz CT molecular complexity index is 93.7. The molecular formula is C4H8I2N2V. The number of halogens is 2. The number of nitriles is 1. The second kappa shape index (κ2) is 7.60. The molecule has 0 amide bonds. The first-order chi connectivity index (χ1) is 3.97. The molecule has 0 aromatic heterocycles. The first kappa shape index (κ1) is 13.1. The van der Waals surface area contributed by atoms with Crippen LogP contribution in [0.3, 0.4) is 0 Å².